The van der Waals surface area contributed by atoms with Gasteiger partial charge in [-0.2, -0.15) is 0 Å². The van der Waals surface area contributed by atoms with Crippen molar-refractivity contribution in [2.75, 3.05) is 33.2 Å². The molecule has 0 radical (unpaired) electrons. The lowest BCUT2D eigenvalue weighted by atomic mass is 9.98. The lowest BCUT2D eigenvalue weighted by molar-refractivity contribution is 0.172. The van der Waals surface area contributed by atoms with Gasteiger partial charge in [-0.15, -0.1) is 0 Å². The standard InChI is InChI=1S/C17H32N2/c1-5-7-8-9-10-11-16(3)17(6-2)19-14-12-18(4)13-15-19/h6-8,16H,5,9-15H2,1-4H3/b8-7+,17-6+. The second kappa shape index (κ2) is 9.19. The van der Waals surface area contributed by atoms with Gasteiger partial charge in [0.15, 0.2) is 0 Å². The number of allylic oxidation sites excluding steroid dienone is 4. The lowest BCUT2D eigenvalue weighted by Crippen LogP contribution is -2.44. The third-order valence-corrected chi connectivity index (χ3v) is 4.08. The highest BCUT2D eigenvalue weighted by molar-refractivity contribution is 5.05. The van der Waals surface area contributed by atoms with E-state index in [0.29, 0.717) is 5.92 Å². The number of nitrogens with zero attached hydrogens (tertiary/aromatic N) is 2. The van der Waals surface area contributed by atoms with E-state index in [9.17, 15) is 0 Å². The summed E-state index contributed by atoms with van der Waals surface area (Å²) >= 11 is 0. The van der Waals surface area contributed by atoms with Gasteiger partial charge >= 0.3 is 0 Å². The third kappa shape index (κ3) is 5.82. The second-order valence-electron chi connectivity index (χ2n) is 5.72. The SMILES string of the molecule is C/C=C(\C(C)CCC/C=C/CC)N1CCN(C)CC1. The summed E-state index contributed by atoms with van der Waals surface area (Å²) in [6, 6.07) is 0. The highest BCUT2D eigenvalue weighted by atomic mass is 15.3. The zero-order valence-electron chi connectivity index (χ0n) is 13.4. The van der Waals surface area contributed by atoms with Gasteiger partial charge in [0, 0.05) is 31.9 Å². The maximum atomic E-state index is 2.59. The monoisotopic (exact) mass is 264 g/mol. The van der Waals surface area contributed by atoms with Gasteiger partial charge in [0.2, 0.25) is 0 Å². The van der Waals surface area contributed by atoms with E-state index in [4.69, 9.17) is 0 Å². The quantitative estimate of drug-likeness (QED) is 0.508. The molecule has 1 atom stereocenters. The molecule has 1 rings (SSSR count). The Bertz CT molecular complexity index is 286. The van der Waals surface area contributed by atoms with Crippen molar-refractivity contribution in [2.45, 2.75) is 46.5 Å². The van der Waals surface area contributed by atoms with Crippen LogP contribution >= 0.6 is 0 Å². The smallest absolute Gasteiger partial charge is 0.0303 e. The van der Waals surface area contributed by atoms with E-state index in [0.717, 1.165) is 6.42 Å². The van der Waals surface area contributed by atoms with Crippen molar-refractivity contribution >= 4 is 0 Å². The summed E-state index contributed by atoms with van der Waals surface area (Å²) in [5.74, 6) is 0.698. The number of likely N-dealkylation sites (N-methyl/N-ethyl adjacent to an activating group) is 1. The first-order chi connectivity index (χ1) is 9.19. The first kappa shape index (κ1) is 16.3. The van der Waals surface area contributed by atoms with E-state index in [1.165, 1.54) is 45.4 Å². The molecule has 2 heteroatoms. The van der Waals surface area contributed by atoms with Gasteiger partial charge in [0.25, 0.3) is 0 Å². The van der Waals surface area contributed by atoms with Crippen LogP contribution in [0.3, 0.4) is 0 Å². The molecular weight excluding hydrogens is 232 g/mol. The molecule has 19 heavy (non-hydrogen) atoms. The predicted octanol–water partition coefficient (Wildman–Crippen LogP) is 3.91. The number of rotatable bonds is 7. The number of unbranched alkanes of at least 4 members (excludes halogenated alkanes) is 1. The van der Waals surface area contributed by atoms with Gasteiger partial charge in [-0.05, 0) is 45.6 Å². The van der Waals surface area contributed by atoms with Crippen molar-refractivity contribution in [3.63, 3.8) is 0 Å². The summed E-state index contributed by atoms with van der Waals surface area (Å²) in [4.78, 5) is 5.01. The molecule has 0 aromatic carbocycles. The van der Waals surface area contributed by atoms with Gasteiger partial charge in [-0.3, -0.25) is 0 Å². The fourth-order valence-corrected chi connectivity index (χ4v) is 2.82. The zero-order chi connectivity index (χ0) is 14.1. The van der Waals surface area contributed by atoms with Crippen molar-refractivity contribution in [1.82, 2.24) is 9.80 Å². The molecule has 110 valence electrons. The van der Waals surface area contributed by atoms with Crippen LogP contribution in [0.4, 0.5) is 0 Å². The molecule has 2 nitrogen and oxygen atoms in total. The summed E-state index contributed by atoms with van der Waals surface area (Å²) in [7, 11) is 2.22. The molecule has 1 heterocycles. The van der Waals surface area contributed by atoms with E-state index in [1.54, 1.807) is 5.70 Å². The molecule has 0 N–H and O–H groups in total. The number of hydrogen-bond acceptors (Lipinski definition) is 2. The third-order valence-electron chi connectivity index (χ3n) is 4.08. The van der Waals surface area contributed by atoms with Crippen LogP contribution in [-0.2, 0) is 0 Å². The minimum absolute atomic E-state index is 0.698. The molecule has 1 saturated heterocycles. The molecule has 0 spiro atoms. The molecule has 0 aromatic heterocycles. The minimum atomic E-state index is 0.698. The van der Waals surface area contributed by atoms with Gasteiger partial charge in [-0.25, -0.2) is 0 Å². The van der Waals surface area contributed by atoms with E-state index in [-0.39, 0.29) is 0 Å². The first-order valence-electron chi connectivity index (χ1n) is 7.93. The Balaban J connectivity index is 2.35. The molecule has 1 fully saturated rings. The Morgan fingerprint density at radius 3 is 2.42 bits per heavy atom. The first-order valence-corrected chi connectivity index (χ1v) is 7.93. The number of hydrogen-bond donors (Lipinski definition) is 0. The molecule has 0 aliphatic carbocycles. The minimum Gasteiger partial charge on any atom is -0.372 e. The van der Waals surface area contributed by atoms with Crippen molar-refractivity contribution < 1.29 is 0 Å². The maximum absolute atomic E-state index is 2.59. The number of piperazine rings is 1. The van der Waals surface area contributed by atoms with Crippen molar-refractivity contribution in [3.05, 3.63) is 23.9 Å². The Kier molecular flexibility index (Phi) is 7.88. The van der Waals surface area contributed by atoms with E-state index < -0.39 is 0 Å². The van der Waals surface area contributed by atoms with Gasteiger partial charge in [0.05, 0.1) is 0 Å². The molecule has 0 bridgehead atoms. The van der Waals surface area contributed by atoms with E-state index >= 15 is 0 Å². The molecule has 1 aliphatic rings. The summed E-state index contributed by atoms with van der Waals surface area (Å²) in [6.45, 7) is 11.6. The van der Waals surface area contributed by atoms with Crippen LogP contribution in [0.15, 0.2) is 23.9 Å². The Morgan fingerprint density at radius 1 is 1.16 bits per heavy atom. The van der Waals surface area contributed by atoms with E-state index in [2.05, 4.69) is 55.8 Å². The fraction of sp³-hybridized carbons (Fsp3) is 0.765. The molecule has 0 amide bonds. The van der Waals surface area contributed by atoms with Crippen LogP contribution in [0.5, 0.6) is 0 Å². The highest BCUT2D eigenvalue weighted by Gasteiger charge is 2.19. The lowest BCUT2D eigenvalue weighted by Gasteiger charge is -2.37. The fourth-order valence-electron chi connectivity index (χ4n) is 2.82. The van der Waals surface area contributed by atoms with Crippen LogP contribution in [-0.4, -0.2) is 43.0 Å². The Labute approximate surface area is 120 Å². The van der Waals surface area contributed by atoms with Crippen molar-refractivity contribution in [1.29, 1.82) is 0 Å². The summed E-state index contributed by atoms with van der Waals surface area (Å²) < 4.78 is 0. The van der Waals surface area contributed by atoms with Crippen LogP contribution in [0, 0.1) is 5.92 Å². The average molecular weight is 264 g/mol. The largest absolute Gasteiger partial charge is 0.372 e. The average Bonchev–Trinajstić information content (AvgIpc) is 2.41. The molecule has 0 saturated carbocycles. The predicted molar refractivity (Wildman–Crippen MR) is 85.3 cm³/mol. The Morgan fingerprint density at radius 2 is 1.84 bits per heavy atom. The summed E-state index contributed by atoms with van der Waals surface area (Å²) in [5.41, 5.74) is 1.56. The van der Waals surface area contributed by atoms with Crippen molar-refractivity contribution in [2.24, 2.45) is 5.92 Å². The normalized spacial score (nSPS) is 20.2. The second-order valence-corrected chi connectivity index (χ2v) is 5.72. The zero-order valence-corrected chi connectivity index (χ0v) is 13.4. The van der Waals surface area contributed by atoms with E-state index in [1.807, 2.05) is 0 Å². The van der Waals surface area contributed by atoms with Crippen molar-refractivity contribution in [3.8, 4) is 0 Å². The molecule has 1 unspecified atom stereocenters. The molecular formula is C17H32N2. The van der Waals surface area contributed by atoms with Gasteiger partial charge in [-0.1, -0.05) is 32.1 Å². The van der Waals surface area contributed by atoms with Gasteiger partial charge in [0.1, 0.15) is 0 Å². The maximum Gasteiger partial charge on any atom is 0.0303 e. The van der Waals surface area contributed by atoms with Crippen LogP contribution < -0.4 is 0 Å². The molecule has 1 aliphatic heterocycles. The topological polar surface area (TPSA) is 6.48 Å². The van der Waals surface area contributed by atoms with Crippen LogP contribution in [0.1, 0.15) is 46.5 Å². The Hall–Kier alpha value is -0.760. The van der Waals surface area contributed by atoms with Crippen LogP contribution in [0.25, 0.3) is 0 Å². The molecule has 0 aromatic rings. The summed E-state index contributed by atoms with van der Waals surface area (Å²) in [5, 5.41) is 0. The van der Waals surface area contributed by atoms with Gasteiger partial charge < -0.3 is 9.80 Å². The highest BCUT2D eigenvalue weighted by Crippen LogP contribution is 2.22. The summed E-state index contributed by atoms with van der Waals surface area (Å²) in [6.07, 6.45) is 12.0. The van der Waals surface area contributed by atoms with Crippen LogP contribution in [0.2, 0.25) is 0 Å².